The summed E-state index contributed by atoms with van der Waals surface area (Å²) in [4.78, 5) is 20.6. The number of ether oxygens (including phenoxy) is 2. The van der Waals surface area contributed by atoms with Crippen LogP contribution in [-0.2, 0) is 17.8 Å². The third-order valence-electron chi connectivity index (χ3n) is 8.03. The Hall–Kier alpha value is -5.21. The van der Waals surface area contributed by atoms with Crippen molar-refractivity contribution in [3.05, 3.63) is 112 Å². The second kappa shape index (κ2) is 12.4. The van der Waals surface area contributed by atoms with Crippen molar-refractivity contribution in [3.8, 4) is 23.2 Å². The van der Waals surface area contributed by atoms with Crippen LogP contribution < -0.4 is 4.74 Å². The van der Waals surface area contributed by atoms with Crippen molar-refractivity contribution < 1.29 is 32.5 Å². The van der Waals surface area contributed by atoms with Crippen LogP contribution in [0, 0.1) is 34.7 Å². The smallest absolute Gasteiger partial charge is 0.335 e. The number of aromatic carboxylic acids is 1. The normalized spacial score (nSPS) is 15.9. The average Bonchev–Trinajstić information content (AvgIpc) is 3.36. The topological polar surface area (TPSA) is 110 Å². The molecule has 228 valence electrons. The van der Waals surface area contributed by atoms with Crippen molar-refractivity contribution in [3.63, 3.8) is 0 Å². The SMILES string of the molecule is COCC1CC(n2c(Cc3cc(F)c(-c4cccc(OCc5ccc(C#N)cc5F)n4)cc3F)nc3ccc(C(=O)O)cc32)C1. The number of methoxy groups -OCH3 is 1. The summed E-state index contributed by atoms with van der Waals surface area (Å²) in [6.07, 6.45) is 1.57. The molecule has 1 N–H and O–H groups in total. The van der Waals surface area contributed by atoms with Gasteiger partial charge in [-0.05, 0) is 72.9 Å². The van der Waals surface area contributed by atoms with Crippen LogP contribution in [0.3, 0.4) is 0 Å². The molecule has 1 aliphatic carbocycles. The van der Waals surface area contributed by atoms with Crippen molar-refractivity contribution >= 4 is 17.0 Å². The Morgan fingerprint density at radius 2 is 1.80 bits per heavy atom. The number of imidazole rings is 1. The first-order chi connectivity index (χ1) is 21.7. The molecule has 8 nitrogen and oxygen atoms in total. The molecule has 0 aliphatic heterocycles. The molecule has 0 bridgehead atoms. The molecule has 5 aromatic rings. The molecule has 45 heavy (non-hydrogen) atoms. The van der Waals surface area contributed by atoms with Crippen LogP contribution in [-0.4, -0.2) is 39.3 Å². The number of carboxylic acids is 1. The molecule has 0 atom stereocenters. The molecule has 3 aromatic carbocycles. The standard InChI is InChI=1S/C34H27F3N4O4/c1-44-17-20-9-24(10-20)41-31-13-21(34(42)43)7-8-30(31)39-32(41)14-23-12-28(37)25(15-27(23)36)29-3-2-4-33(40-29)45-18-22-6-5-19(16-38)11-26(22)35/h2-8,11-13,15,20,24H,9-10,14,17-18H2,1H3,(H,42,43). The lowest BCUT2D eigenvalue weighted by Gasteiger charge is -2.37. The number of aromatic nitrogens is 3. The number of halogens is 3. The van der Waals surface area contributed by atoms with Gasteiger partial charge in [0.1, 0.15) is 29.9 Å². The molecule has 0 amide bonds. The second-order valence-electron chi connectivity index (χ2n) is 11.0. The van der Waals surface area contributed by atoms with Crippen LogP contribution >= 0.6 is 0 Å². The monoisotopic (exact) mass is 612 g/mol. The van der Waals surface area contributed by atoms with E-state index in [2.05, 4.69) is 9.97 Å². The lowest BCUT2D eigenvalue weighted by Crippen LogP contribution is -2.30. The fraction of sp³-hybridized carbons (Fsp3) is 0.235. The number of carbonyl (C=O) groups is 1. The summed E-state index contributed by atoms with van der Waals surface area (Å²) in [7, 11) is 1.64. The minimum Gasteiger partial charge on any atom is -0.478 e. The van der Waals surface area contributed by atoms with Crippen LogP contribution in [0.15, 0.2) is 66.7 Å². The van der Waals surface area contributed by atoms with E-state index in [0.717, 1.165) is 31.0 Å². The summed E-state index contributed by atoms with van der Waals surface area (Å²) >= 11 is 0. The van der Waals surface area contributed by atoms with E-state index in [9.17, 15) is 14.3 Å². The first-order valence-corrected chi connectivity index (χ1v) is 14.2. The molecule has 1 fully saturated rings. The maximum absolute atomic E-state index is 15.6. The Morgan fingerprint density at radius 3 is 2.53 bits per heavy atom. The zero-order valence-corrected chi connectivity index (χ0v) is 24.1. The van der Waals surface area contributed by atoms with Gasteiger partial charge in [0.2, 0.25) is 5.88 Å². The summed E-state index contributed by atoms with van der Waals surface area (Å²) in [6.45, 7) is 0.429. The fourth-order valence-corrected chi connectivity index (χ4v) is 5.71. The molecule has 6 rings (SSSR count). The van der Waals surface area contributed by atoms with Gasteiger partial charge in [0, 0.05) is 43.4 Å². The number of fused-ring (bicyclic) bond motifs is 1. The number of carboxylic acid groups (broad SMARTS) is 1. The lowest BCUT2D eigenvalue weighted by atomic mass is 9.80. The van der Waals surface area contributed by atoms with Gasteiger partial charge in [-0.1, -0.05) is 12.1 Å². The van der Waals surface area contributed by atoms with Crippen molar-refractivity contribution in [2.45, 2.75) is 31.9 Å². The van der Waals surface area contributed by atoms with Gasteiger partial charge in [0.25, 0.3) is 0 Å². The predicted molar refractivity (Wildman–Crippen MR) is 158 cm³/mol. The summed E-state index contributed by atoms with van der Waals surface area (Å²) in [6, 6.07) is 17.4. The number of pyridine rings is 1. The van der Waals surface area contributed by atoms with Crippen molar-refractivity contribution in [1.82, 2.24) is 14.5 Å². The number of nitriles is 1. The fourth-order valence-electron chi connectivity index (χ4n) is 5.71. The maximum Gasteiger partial charge on any atom is 0.335 e. The van der Waals surface area contributed by atoms with Crippen LogP contribution in [0.1, 0.15) is 51.8 Å². The molecule has 0 unspecified atom stereocenters. The second-order valence-corrected chi connectivity index (χ2v) is 11.0. The zero-order chi connectivity index (χ0) is 31.7. The van der Waals surface area contributed by atoms with Gasteiger partial charge in [-0.2, -0.15) is 5.26 Å². The number of rotatable bonds is 10. The van der Waals surface area contributed by atoms with Crippen LogP contribution in [0.4, 0.5) is 13.2 Å². The molecule has 11 heteroatoms. The number of benzene rings is 3. The molecule has 2 heterocycles. The van der Waals surface area contributed by atoms with Crippen LogP contribution in [0.2, 0.25) is 0 Å². The van der Waals surface area contributed by atoms with Gasteiger partial charge in [0.05, 0.1) is 33.9 Å². The highest BCUT2D eigenvalue weighted by molar-refractivity contribution is 5.92. The van der Waals surface area contributed by atoms with E-state index in [0.29, 0.717) is 29.4 Å². The Morgan fingerprint density at radius 1 is 1.00 bits per heavy atom. The van der Waals surface area contributed by atoms with Crippen molar-refractivity contribution in [1.29, 1.82) is 5.26 Å². The maximum atomic E-state index is 15.6. The van der Waals surface area contributed by atoms with Gasteiger partial charge in [-0.25, -0.2) is 27.9 Å². The van der Waals surface area contributed by atoms with E-state index in [4.69, 9.17) is 14.7 Å². The highest BCUT2D eigenvalue weighted by atomic mass is 19.1. The molecule has 0 spiro atoms. The van der Waals surface area contributed by atoms with E-state index >= 15 is 8.78 Å². The number of hydrogen-bond donors (Lipinski definition) is 1. The first-order valence-electron chi connectivity index (χ1n) is 14.2. The molecular weight excluding hydrogens is 585 g/mol. The average molecular weight is 613 g/mol. The number of nitrogens with zero attached hydrogens (tertiary/aromatic N) is 4. The lowest BCUT2D eigenvalue weighted by molar-refractivity contribution is 0.0696. The molecular formula is C34H27F3N4O4. The summed E-state index contributed by atoms with van der Waals surface area (Å²) < 4.78 is 58.2. The minimum atomic E-state index is -1.06. The van der Waals surface area contributed by atoms with Gasteiger partial charge in [-0.15, -0.1) is 0 Å². The molecule has 2 aromatic heterocycles. The highest BCUT2D eigenvalue weighted by Crippen LogP contribution is 2.41. The van der Waals surface area contributed by atoms with Crippen LogP contribution in [0.5, 0.6) is 5.88 Å². The molecule has 0 radical (unpaired) electrons. The third-order valence-corrected chi connectivity index (χ3v) is 8.03. The van der Waals surface area contributed by atoms with E-state index in [-0.39, 0.29) is 58.5 Å². The van der Waals surface area contributed by atoms with E-state index < -0.39 is 23.4 Å². The Bertz CT molecular complexity index is 1960. The van der Waals surface area contributed by atoms with Crippen molar-refractivity contribution in [2.24, 2.45) is 5.92 Å². The number of hydrogen-bond acceptors (Lipinski definition) is 6. The largest absolute Gasteiger partial charge is 0.478 e. The van der Waals surface area contributed by atoms with Gasteiger partial charge < -0.3 is 19.1 Å². The first kappa shape index (κ1) is 29.8. The zero-order valence-electron chi connectivity index (χ0n) is 24.1. The summed E-state index contributed by atoms with van der Waals surface area (Å²) in [5.74, 6) is -2.09. The van der Waals surface area contributed by atoms with Crippen molar-refractivity contribution in [2.75, 3.05) is 13.7 Å². The van der Waals surface area contributed by atoms with Gasteiger partial charge >= 0.3 is 5.97 Å². The Balaban J connectivity index is 1.26. The minimum absolute atomic E-state index is 0.0156. The molecule has 1 aliphatic rings. The third kappa shape index (κ3) is 6.10. The quantitative estimate of drug-likeness (QED) is 0.184. The van der Waals surface area contributed by atoms with Crippen LogP contribution in [0.25, 0.3) is 22.3 Å². The summed E-state index contributed by atoms with van der Waals surface area (Å²) in [5.41, 5.74) is 1.85. The van der Waals surface area contributed by atoms with E-state index in [1.54, 1.807) is 25.3 Å². The molecule has 1 saturated carbocycles. The Kier molecular flexibility index (Phi) is 8.24. The Labute approximate surface area is 256 Å². The van der Waals surface area contributed by atoms with Gasteiger partial charge in [-0.3, -0.25) is 0 Å². The molecule has 0 saturated heterocycles. The van der Waals surface area contributed by atoms with E-state index in [1.807, 2.05) is 10.6 Å². The van der Waals surface area contributed by atoms with Gasteiger partial charge in [0.15, 0.2) is 0 Å². The predicted octanol–water partition coefficient (Wildman–Crippen LogP) is 6.85. The highest BCUT2D eigenvalue weighted by Gasteiger charge is 2.33. The summed E-state index contributed by atoms with van der Waals surface area (Å²) in [5, 5.41) is 18.5. The van der Waals surface area contributed by atoms with E-state index in [1.165, 1.54) is 30.3 Å².